The number of nitrogens with zero attached hydrogens (tertiary/aromatic N) is 3. The summed E-state index contributed by atoms with van der Waals surface area (Å²) < 4.78 is 0. The van der Waals surface area contributed by atoms with E-state index in [4.69, 9.17) is 11.6 Å². The highest BCUT2D eigenvalue weighted by Gasteiger charge is 2.42. The summed E-state index contributed by atoms with van der Waals surface area (Å²) in [5.41, 5.74) is 11.7. The summed E-state index contributed by atoms with van der Waals surface area (Å²) in [7, 11) is 3.62. The number of nitrogens with two attached hydrogens (primary N) is 2. The Labute approximate surface area is 226 Å². The van der Waals surface area contributed by atoms with E-state index in [9.17, 15) is 14.7 Å². The predicted octanol–water partition coefficient (Wildman–Crippen LogP) is 3.92. The van der Waals surface area contributed by atoms with Crippen molar-refractivity contribution in [2.45, 2.75) is 59.4 Å². The van der Waals surface area contributed by atoms with Crippen LogP contribution in [0.15, 0.2) is 30.3 Å². The van der Waals surface area contributed by atoms with E-state index >= 15 is 0 Å². The minimum absolute atomic E-state index is 0.0261. The van der Waals surface area contributed by atoms with Crippen LogP contribution in [-0.2, 0) is 16.0 Å². The van der Waals surface area contributed by atoms with Crippen molar-refractivity contribution in [2.75, 3.05) is 44.5 Å². The number of fused-ring (bicyclic) bond motifs is 1. The monoisotopic (exact) mass is 521 g/mol. The van der Waals surface area contributed by atoms with E-state index in [1.165, 1.54) is 16.1 Å². The number of aryl methyl sites for hydroxylation is 1. The number of aliphatic carboxylic acids is 1. The average Bonchev–Trinajstić information content (AvgIpc) is 3.19. The number of hydrazine groups is 1. The molecule has 8 heteroatoms. The van der Waals surface area contributed by atoms with Crippen LogP contribution >= 0.6 is 0 Å². The molecule has 0 bridgehead atoms. The Morgan fingerprint density at radius 3 is 2.53 bits per heavy atom. The number of carbonyl (C=O) groups is 2. The van der Waals surface area contributed by atoms with Gasteiger partial charge in [0, 0.05) is 39.1 Å². The number of carboxylic acid groups (broad SMARTS) is 1. The first-order chi connectivity index (χ1) is 17.6. The Hall–Kier alpha value is -3.10. The maximum absolute atomic E-state index is 12.9. The van der Waals surface area contributed by atoms with E-state index in [2.05, 4.69) is 36.9 Å². The highest BCUT2D eigenvalue weighted by Crippen LogP contribution is 2.47. The summed E-state index contributed by atoms with van der Waals surface area (Å²) >= 11 is 0. The van der Waals surface area contributed by atoms with Crippen LogP contribution in [0.2, 0.25) is 0 Å². The van der Waals surface area contributed by atoms with E-state index in [1.807, 2.05) is 31.0 Å². The number of rotatable bonds is 6. The fourth-order valence-electron chi connectivity index (χ4n) is 6.52. The fraction of sp³-hybridized carbons (Fsp3) is 0.533. The number of carboxylic acids is 1. The van der Waals surface area contributed by atoms with Crippen molar-refractivity contribution in [1.82, 2.24) is 9.80 Å². The minimum Gasteiger partial charge on any atom is -0.481 e. The molecule has 5 N–H and O–H groups in total. The van der Waals surface area contributed by atoms with Gasteiger partial charge in [-0.1, -0.05) is 38.1 Å². The highest BCUT2D eigenvalue weighted by atomic mass is 16.4. The van der Waals surface area contributed by atoms with Crippen LogP contribution in [0.1, 0.15) is 73.9 Å². The Kier molecular flexibility index (Phi) is 7.27. The van der Waals surface area contributed by atoms with Gasteiger partial charge in [-0.05, 0) is 72.9 Å². The van der Waals surface area contributed by atoms with Crippen LogP contribution in [0.3, 0.4) is 0 Å². The molecule has 1 saturated heterocycles. The molecular weight excluding hydrogens is 478 g/mol. The predicted molar refractivity (Wildman–Crippen MR) is 152 cm³/mol. The molecule has 2 atom stereocenters. The average molecular weight is 522 g/mol. The molecule has 38 heavy (non-hydrogen) atoms. The van der Waals surface area contributed by atoms with Crippen LogP contribution in [0.25, 0.3) is 0 Å². The Morgan fingerprint density at radius 2 is 1.89 bits per heavy atom. The molecule has 0 saturated carbocycles. The molecule has 1 aliphatic carbocycles. The summed E-state index contributed by atoms with van der Waals surface area (Å²) in [4.78, 5) is 29.6. The number of likely N-dealkylation sites (N-methyl/N-ethyl adjacent to an activating group) is 1. The molecule has 0 radical (unpaired) electrons. The molecule has 0 spiro atoms. The summed E-state index contributed by atoms with van der Waals surface area (Å²) in [6, 6.07) is 10.3. The second-order valence-corrected chi connectivity index (χ2v) is 12.6. The van der Waals surface area contributed by atoms with Gasteiger partial charge in [-0.15, -0.1) is 0 Å². The summed E-state index contributed by atoms with van der Waals surface area (Å²) in [6.07, 6.45) is 1.89. The number of carbonyl (C=O) groups excluding carboxylic acids is 1. The first-order valence-electron chi connectivity index (χ1n) is 13.4. The molecule has 1 aliphatic heterocycles. The lowest BCUT2D eigenvalue weighted by atomic mass is 9.69. The fourth-order valence-corrected chi connectivity index (χ4v) is 6.52. The molecule has 2 aliphatic rings. The number of amides is 1. The van der Waals surface area contributed by atoms with Gasteiger partial charge in [-0.25, -0.2) is 5.84 Å². The van der Waals surface area contributed by atoms with Gasteiger partial charge in [-0.3, -0.25) is 14.5 Å². The quantitative estimate of drug-likeness (QED) is 0.300. The van der Waals surface area contributed by atoms with Crippen molar-refractivity contribution < 1.29 is 14.7 Å². The third-order valence-electron chi connectivity index (χ3n) is 8.55. The van der Waals surface area contributed by atoms with Crippen molar-refractivity contribution in [3.8, 4) is 0 Å². The van der Waals surface area contributed by atoms with E-state index in [-0.39, 0.29) is 17.4 Å². The van der Waals surface area contributed by atoms with Gasteiger partial charge >= 0.3 is 5.97 Å². The van der Waals surface area contributed by atoms with Crippen molar-refractivity contribution in [3.63, 3.8) is 0 Å². The number of hydrogen-bond donors (Lipinski definition) is 3. The number of anilines is 2. The summed E-state index contributed by atoms with van der Waals surface area (Å²) in [5.74, 6) is 4.81. The van der Waals surface area contributed by atoms with Crippen LogP contribution in [0.4, 0.5) is 11.4 Å². The highest BCUT2D eigenvalue weighted by molar-refractivity contribution is 5.79. The molecule has 1 amide bonds. The SMILES string of the molecule is Cc1c([C@@H](c2ccc3c(c2)C(N2CC(=O)N(C)CC(C)(C)C2)CC3)C(C)(C)C(=O)O)ccc(N(C)N)c1N. The third-order valence-corrected chi connectivity index (χ3v) is 8.55. The Morgan fingerprint density at radius 1 is 1.21 bits per heavy atom. The van der Waals surface area contributed by atoms with Crippen molar-refractivity contribution in [1.29, 1.82) is 0 Å². The molecule has 1 heterocycles. The van der Waals surface area contributed by atoms with Gasteiger partial charge < -0.3 is 20.7 Å². The van der Waals surface area contributed by atoms with Crippen LogP contribution in [0.5, 0.6) is 0 Å². The maximum Gasteiger partial charge on any atom is 0.310 e. The zero-order valence-electron chi connectivity index (χ0n) is 23.8. The third kappa shape index (κ3) is 4.99. The first kappa shape index (κ1) is 27.9. The van der Waals surface area contributed by atoms with E-state index in [0.29, 0.717) is 17.9 Å². The number of nitrogen functional groups attached to an aromatic ring is 1. The lowest BCUT2D eigenvalue weighted by molar-refractivity contribution is -0.147. The largest absolute Gasteiger partial charge is 0.481 e. The molecule has 4 rings (SSSR count). The topological polar surface area (TPSA) is 116 Å². The maximum atomic E-state index is 12.9. The van der Waals surface area contributed by atoms with E-state index < -0.39 is 17.3 Å². The second-order valence-electron chi connectivity index (χ2n) is 12.6. The van der Waals surface area contributed by atoms with Gasteiger partial charge in [0.05, 0.1) is 23.3 Å². The molecule has 8 nitrogen and oxygen atoms in total. The normalized spacial score (nSPS) is 20.7. The molecule has 2 aromatic rings. The standard InChI is InChI=1S/C30H43N5O3/c1-18-21(11-13-24(27(18)31)34(7)32)26(30(4,5)28(37)38)20-9-8-19-10-12-23(22(19)14-20)35-15-25(36)33(6)16-29(2,3)17-35/h8-9,11,13-14,23,26H,10,12,15-17,31-32H2,1-7H3,(H,37,38)/t23?,26-/m1/s1. The van der Waals surface area contributed by atoms with E-state index in [0.717, 1.165) is 42.6 Å². The second kappa shape index (κ2) is 9.89. The number of hydrogen-bond acceptors (Lipinski definition) is 6. The molecule has 1 fully saturated rings. The molecule has 2 aromatic carbocycles. The van der Waals surface area contributed by atoms with Gasteiger partial charge in [-0.2, -0.15) is 0 Å². The lowest BCUT2D eigenvalue weighted by Gasteiger charge is -2.35. The Bertz CT molecular complexity index is 1250. The summed E-state index contributed by atoms with van der Waals surface area (Å²) in [6.45, 7) is 11.8. The Balaban J connectivity index is 1.82. The van der Waals surface area contributed by atoms with Gasteiger partial charge in [0.25, 0.3) is 0 Å². The molecular formula is C30H43N5O3. The zero-order valence-corrected chi connectivity index (χ0v) is 23.8. The minimum atomic E-state index is -1.10. The number of benzene rings is 2. The smallest absolute Gasteiger partial charge is 0.310 e. The zero-order chi connectivity index (χ0) is 28.2. The molecule has 1 unspecified atom stereocenters. The summed E-state index contributed by atoms with van der Waals surface area (Å²) in [5, 5.41) is 11.8. The van der Waals surface area contributed by atoms with Crippen LogP contribution in [0, 0.1) is 17.8 Å². The van der Waals surface area contributed by atoms with E-state index in [1.54, 1.807) is 20.9 Å². The molecule has 0 aromatic heterocycles. The van der Waals surface area contributed by atoms with Crippen molar-refractivity contribution in [3.05, 3.63) is 58.1 Å². The first-order valence-corrected chi connectivity index (χ1v) is 13.4. The van der Waals surface area contributed by atoms with Gasteiger partial charge in [0.1, 0.15) is 0 Å². The van der Waals surface area contributed by atoms with Crippen LogP contribution in [-0.4, -0.2) is 60.5 Å². The van der Waals surface area contributed by atoms with Crippen molar-refractivity contribution in [2.24, 2.45) is 16.7 Å². The van der Waals surface area contributed by atoms with Gasteiger partial charge in [0.2, 0.25) is 5.91 Å². The van der Waals surface area contributed by atoms with Gasteiger partial charge in [0.15, 0.2) is 0 Å². The lowest BCUT2D eigenvalue weighted by Crippen LogP contribution is -2.37. The van der Waals surface area contributed by atoms with Crippen molar-refractivity contribution >= 4 is 23.3 Å². The van der Waals surface area contributed by atoms with Crippen LogP contribution < -0.4 is 16.6 Å². The molecule has 206 valence electrons.